The Kier molecular flexibility index (Phi) is 5.45. The SMILES string of the molecule is C1CC[NH2+]CC1.[S-]c1ccccn1. The van der Waals surface area contributed by atoms with Gasteiger partial charge in [0, 0.05) is 6.20 Å². The molecular weight excluding hydrogens is 180 g/mol. The number of hydrogen-bond acceptors (Lipinski definition) is 2. The molecule has 0 spiro atoms. The first kappa shape index (κ1) is 10.4. The molecule has 1 aromatic heterocycles. The van der Waals surface area contributed by atoms with Gasteiger partial charge in [-0.2, -0.15) is 0 Å². The average molecular weight is 196 g/mol. The first-order chi connectivity index (χ1) is 6.39. The van der Waals surface area contributed by atoms with Gasteiger partial charge in [0.1, 0.15) is 0 Å². The normalized spacial score (nSPS) is 15.7. The second-order valence-electron chi connectivity index (χ2n) is 3.09. The quantitative estimate of drug-likeness (QED) is 0.620. The summed E-state index contributed by atoms with van der Waals surface area (Å²) in [7, 11) is 0. The summed E-state index contributed by atoms with van der Waals surface area (Å²) in [6, 6.07) is 5.50. The fraction of sp³-hybridized carbons (Fsp3) is 0.500. The molecule has 0 radical (unpaired) electrons. The van der Waals surface area contributed by atoms with Gasteiger partial charge in [-0.25, -0.2) is 0 Å². The number of quaternary nitrogens is 1. The zero-order valence-electron chi connectivity index (χ0n) is 7.78. The van der Waals surface area contributed by atoms with E-state index in [2.05, 4.69) is 10.3 Å². The summed E-state index contributed by atoms with van der Waals surface area (Å²) in [5, 5.41) is 3.05. The minimum Gasteiger partial charge on any atom is -0.760 e. The largest absolute Gasteiger partial charge is 0.760 e. The zero-order chi connectivity index (χ0) is 9.36. The van der Waals surface area contributed by atoms with E-state index in [1.807, 2.05) is 12.1 Å². The van der Waals surface area contributed by atoms with E-state index in [0.717, 1.165) is 0 Å². The molecule has 0 aliphatic carbocycles. The lowest BCUT2D eigenvalue weighted by atomic mass is 10.2. The molecule has 0 atom stereocenters. The molecule has 0 saturated carbocycles. The Labute approximate surface area is 85.2 Å². The van der Waals surface area contributed by atoms with Crippen LogP contribution in [-0.2, 0) is 12.6 Å². The molecule has 13 heavy (non-hydrogen) atoms. The van der Waals surface area contributed by atoms with Crippen LogP contribution in [0.3, 0.4) is 0 Å². The van der Waals surface area contributed by atoms with E-state index >= 15 is 0 Å². The first-order valence-corrected chi connectivity index (χ1v) is 5.20. The molecule has 1 aromatic rings. The van der Waals surface area contributed by atoms with E-state index in [1.54, 1.807) is 12.3 Å². The summed E-state index contributed by atoms with van der Waals surface area (Å²) in [5.74, 6) is 0. The highest BCUT2D eigenvalue weighted by Crippen LogP contribution is 1.91. The van der Waals surface area contributed by atoms with E-state index in [9.17, 15) is 0 Å². The van der Waals surface area contributed by atoms with Crippen molar-refractivity contribution in [3.63, 3.8) is 0 Å². The van der Waals surface area contributed by atoms with Crippen molar-refractivity contribution < 1.29 is 5.32 Å². The molecule has 1 aliphatic heterocycles. The van der Waals surface area contributed by atoms with Crippen LogP contribution >= 0.6 is 0 Å². The molecule has 0 unspecified atom stereocenters. The van der Waals surface area contributed by atoms with Gasteiger partial charge in [0.2, 0.25) is 0 Å². The Balaban J connectivity index is 0.000000132. The molecule has 0 aromatic carbocycles. The third-order valence-electron chi connectivity index (χ3n) is 1.95. The lowest BCUT2D eigenvalue weighted by molar-refractivity contribution is -0.662. The van der Waals surface area contributed by atoms with E-state index in [4.69, 9.17) is 12.6 Å². The van der Waals surface area contributed by atoms with Crippen molar-refractivity contribution >= 4 is 12.6 Å². The lowest BCUT2D eigenvalue weighted by Gasteiger charge is -2.05. The van der Waals surface area contributed by atoms with Gasteiger partial charge in [0.05, 0.1) is 13.1 Å². The van der Waals surface area contributed by atoms with Gasteiger partial charge in [-0.15, -0.1) is 0 Å². The number of pyridine rings is 1. The standard InChI is InChI=1S/C5H5NS.C5H11N/c7-5-3-1-2-4-6-5;1-2-4-6-5-3-1/h1-4H,(H,6,7);6H,1-5H2. The number of aromatic nitrogens is 1. The Bertz CT molecular complexity index is 198. The third kappa shape index (κ3) is 5.55. The van der Waals surface area contributed by atoms with Crippen LogP contribution in [0.1, 0.15) is 19.3 Å². The molecule has 1 saturated heterocycles. The van der Waals surface area contributed by atoms with Crippen LogP contribution in [0.15, 0.2) is 29.4 Å². The minimum atomic E-state index is 0.655. The van der Waals surface area contributed by atoms with Gasteiger partial charge in [-0.3, -0.25) is 4.98 Å². The van der Waals surface area contributed by atoms with Gasteiger partial charge in [-0.1, -0.05) is 17.2 Å². The molecule has 0 amide bonds. The first-order valence-electron chi connectivity index (χ1n) is 4.79. The van der Waals surface area contributed by atoms with E-state index < -0.39 is 0 Å². The molecule has 2 heterocycles. The van der Waals surface area contributed by atoms with Crippen LogP contribution in [0.5, 0.6) is 0 Å². The molecule has 2 rings (SSSR count). The van der Waals surface area contributed by atoms with E-state index in [1.165, 1.54) is 32.4 Å². The maximum atomic E-state index is 4.70. The summed E-state index contributed by atoms with van der Waals surface area (Å²) < 4.78 is 0. The van der Waals surface area contributed by atoms with Gasteiger partial charge >= 0.3 is 0 Å². The number of nitrogens with two attached hydrogens (primary N) is 1. The summed E-state index contributed by atoms with van der Waals surface area (Å²) >= 11 is 4.70. The van der Waals surface area contributed by atoms with Crippen molar-refractivity contribution in [1.82, 2.24) is 4.98 Å². The Morgan fingerprint density at radius 1 is 1.15 bits per heavy atom. The fourth-order valence-electron chi connectivity index (χ4n) is 1.25. The number of piperidine rings is 1. The molecular formula is C10H16N2S. The summed E-state index contributed by atoms with van der Waals surface area (Å²) in [6.07, 6.45) is 6.04. The molecule has 72 valence electrons. The minimum absolute atomic E-state index is 0.655. The molecule has 3 heteroatoms. The number of rotatable bonds is 0. The average Bonchev–Trinajstić information content (AvgIpc) is 2.22. The Morgan fingerprint density at radius 3 is 2.15 bits per heavy atom. The maximum Gasteiger partial charge on any atom is 0.0755 e. The van der Waals surface area contributed by atoms with Crippen LogP contribution in [0.4, 0.5) is 0 Å². The van der Waals surface area contributed by atoms with Crippen LogP contribution in [-0.4, -0.2) is 18.1 Å². The highest BCUT2D eigenvalue weighted by Gasteiger charge is 1.97. The summed E-state index contributed by atoms with van der Waals surface area (Å²) in [6.45, 7) is 2.75. The van der Waals surface area contributed by atoms with Crippen LogP contribution in [0.2, 0.25) is 0 Å². The van der Waals surface area contributed by atoms with Gasteiger partial charge < -0.3 is 17.9 Å². The molecule has 1 aliphatic rings. The van der Waals surface area contributed by atoms with Crippen molar-refractivity contribution in [2.45, 2.75) is 24.3 Å². The monoisotopic (exact) mass is 196 g/mol. The zero-order valence-corrected chi connectivity index (χ0v) is 8.59. The highest BCUT2D eigenvalue weighted by atomic mass is 32.1. The summed E-state index contributed by atoms with van der Waals surface area (Å²) in [5.41, 5.74) is 0. The van der Waals surface area contributed by atoms with Crippen molar-refractivity contribution in [2.75, 3.05) is 13.1 Å². The van der Waals surface area contributed by atoms with Crippen molar-refractivity contribution in [3.8, 4) is 0 Å². The van der Waals surface area contributed by atoms with Crippen LogP contribution in [0.25, 0.3) is 0 Å². The van der Waals surface area contributed by atoms with Gasteiger partial charge in [0.15, 0.2) is 0 Å². The smallest absolute Gasteiger partial charge is 0.0755 e. The molecule has 2 nitrogen and oxygen atoms in total. The topological polar surface area (TPSA) is 29.5 Å². The molecule has 1 fully saturated rings. The second kappa shape index (κ2) is 6.80. The lowest BCUT2D eigenvalue weighted by Crippen LogP contribution is -2.85. The van der Waals surface area contributed by atoms with Gasteiger partial charge in [0.25, 0.3) is 0 Å². The summed E-state index contributed by atoms with van der Waals surface area (Å²) in [4.78, 5) is 3.79. The van der Waals surface area contributed by atoms with E-state index in [-0.39, 0.29) is 0 Å². The predicted octanol–water partition coefficient (Wildman–Crippen LogP) is 0.721. The molecule has 2 N–H and O–H groups in total. The Hall–Kier alpha value is -0.670. The fourth-order valence-corrected chi connectivity index (χ4v) is 1.38. The number of hydrogen-bond donors (Lipinski definition) is 1. The third-order valence-corrected chi connectivity index (χ3v) is 2.20. The second-order valence-corrected chi connectivity index (χ2v) is 3.51. The van der Waals surface area contributed by atoms with Crippen LogP contribution in [0, 0.1) is 0 Å². The highest BCUT2D eigenvalue weighted by molar-refractivity contribution is 7.58. The van der Waals surface area contributed by atoms with Gasteiger partial charge in [-0.05, 0) is 25.3 Å². The van der Waals surface area contributed by atoms with Crippen LogP contribution < -0.4 is 5.32 Å². The van der Waals surface area contributed by atoms with E-state index in [0.29, 0.717) is 5.03 Å². The van der Waals surface area contributed by atoms with Crippen molar-refractivity contribution in [1.29, 1.82) is 0 Å². The molecule has 0 bridgehead atoms. The predicted molar refractivity (Wildman–Crippen MR) is 55.4 cm³/mol. The Morgan fingerprint density at radius 2 is 1.92 bits per heavy atom. The van der Waals surface area contributed by atoms with Crippen molar-refractivity contribution in [3.05, 3.63) is 24.4 Å². The maximum absolute atomic E-state index is 4.70. The van der Waals surface area contributed by atoms with Crippen molar-refractivity contribution in [2.24, 2.45) is 0 Å². The number of nitrogens with zero attached hydrogens (tertiary/aromatic N) is 1.